The molecule has 0 aromatic carbocycles. The molecule has 2 aliphatic heterocycles. The molecule has 0 radical (unpaired) electrons. The number of nitrogens with one attached hydrogen (secondary N) is 2. The van der Waals surface area contributed by atoms with E-state index in [0.29, 0.717) is 79.1 Å². The first-order chi connectivity index (χ1) is 19.2. The monoisotopic (exact) mass is 558 g/mol. The lowest BCUT2D eigenvalue weighted by Gasteiger charge is -2.44. The van der Waals surface area contributed by atoms with Crippen LogP contribution >= 0.6 is 0 Å². The number of rotatable bonds is 8. The number of piperidine rings is 1. The number of hydrogen-bond acceptors (Lipinski definition) is 9. The highest BCUT2D eigenvalue weighted by molar-refractivity contribution is 5.89. The summed E-state index contributed by atoms with van der Waals surface area (Å²) in [6, 6.07) is -0.129. The number of carbonyl (C=O) groups is 2. The van der Waals surface area contributed by atoms with Gasteiger partial charge in [0.15, 0.2) is 17.0 Å². The van der Waals surface area contributed by atoms with Gasteiger partial charge in [-0.15, -0.1) is 0 Å². The van der Waals surface area contributed by atoms with Crippen molar-refractivity contribution >= 4 is 34.7 Å². The second-order valence-corrected chi connectivity index (χ2v) is 10.4. The van der Waals surface area contributed by atoms with Gasteiger partial charge in [-0.3, -0.25) is 14.2 Å². The molecule has 2 fully saturated rings. The molecular formula is C25H32F2N10O3. The minimum atomic E-state index is -2.78. The van der Waals surface area contributed by atoms with E-state index in [1.165, 1.54) is 24.8 Å². The van der Waals surface area contributed by atoms with Crippen LogP contribution in [0.5, 0.6) is 0 Å². The Balaban J connectivity index is 1.36. The van der Waals surface area contributed by atoms with Crippen molar-refractivity contribution in [2.75, 3.05) is 56.2 Å². The minimum absolute atomic E-state index is 0.0767. The molecule has 214 valence electrons. The number of amides is 2. The van der Waals surface area contributed by atoms with Crippen molar-refractivity contribution in [2.45, 2.75) is 32.9 Å². The fourth-order valence-electron chi connectivity index (χ4n) is 5.02. The largest absolute Gasteiger partial charge is 0.378 e. The number of hydrogen-bond donors (Lipinski definition) is 2. The second kappa shape index (κ2) is 11.2. The predicted molar refractivity (Wildman–Crippen MR) is 142 cm³/mol. The van der Waals surface area contributed by atoms with Gasteiger partial charge in [-0.25, -0.2) is 9.67 Å². The van der Waals surface area contributed by atoms with Crippen LogP contribution in [0.4, 0.5) is 20.5 Å². The van der Waals surface area contributed by atoms with Crippen molar-refractivity contribution in [2.24, 2.45) is 5.41 Å². The Bertz CT molecular complexity index is 1400. The highest BCUT2D eigenvalue weighted by Crippen LogP contribution is 2.30. The van der Waals surface area contributed by atoms with Crippen LogP contribution in [0.2, 0.25) is 0 Å². The Kier molecular flexibility index (Phi) is 7.65. The van der Waals surface area contributed by atoms with E-state index in [-0.39, 0.29) is 29.8 Å². The van der Waals surface area contributed by atoms with E-state index >= 15 is 0 Å². The summed E-state index contributed by atoms with van der Waals surface area (Å²) in [6.07, 6.45) is 5.90. The first kappa shape index (κ1) is 27.4. The minimum Gasteiger partial charge on any atom is -0.378 e. The molecule has 0 bridgehead atoms. The third kappa shape index (κ3) is 5.59. The van der Waals surface area contributed by atoms with Gasteiger partial charge in [0, 0.05) is 37.6 Å². The van der Waals surface area contributed by atoms with Gasteiger partial charge >= 0.3 is 6.55 Å². The first-order valence-corrected chi connectivity index (χ1v) is 13.0. The molecule has 0 aliphatic carbocycles. The average molecular weight is 559 g/mol. The highest BCUT2D eigenvalue weighted by atomic mass is 19.3. The highest BCUT2D eigenvalue weighted by Gasteiger charge is 2.37. The first-order valence-electron chi connectivity index (χ1n) is 13.0. The number of nitrogens with zero attached hydrogens (tertiary/aromatic N) is 8. The molecule has 2 aliphatic rings. The number of ether oxygens (including phenoxy) is 1. The van der Waals surface area contributed by atoms with E-state index < -0.39 is 6.55 Å². The van der Waals surface area contributed by atoms with Crippen LogP contribution in [0, 0.1) is 5.41 Å². The number of aromatic nitrogens is 6. The number of fused-ring (bicyclic) bond motifs is 1. The quantitative estimate of drug-likeness (QED) is 0.395. The lowest BCUT2D eigenvalue weighted by Crippen LogP contribution is -2.57. The molecule has 5 rings (SSSR count). The normalized spacial score (nSPS) is 19.2. The third-order valence-electron chi connectivity index (χ3n) is 7.21. The van der Waals surface area contributed by atoms with Crippen molar-refractivity contribution in [3.63, 3.8) is 0 Å². The van der Waals surface area contributed by atoms with Crippen molar-refractivity contribution < 1.29 is 23.1 Å². The molecule has 3 aromatic rings. The van der Waals surface area contributed by atoms with E-state index in [9.17, 15) is 18.4 Å². The molecule has 3 aromatic heterocycles. The van der Waals surface area contributed by atoms with Crippen LogP contribution in [-0.2, 0) is 14.3 Å². The van der Waals surface area contributed by atoms with Crippen LogP contribution in [0.3, 0.4) is 0 Å². The maximum Gasteiger partial charge on any atom is 0.333 e. The van der Waals surface area contributed by atoms with E-state index in [4.69, 9.17) is 4.74 Å². The van der Waals surface area contributed by atoms with Gasteiger partial charge < -0.3 is 25.2 Å². The van der Waals surface area contributed by atoms with Gasteiger partial charge in [-0.05, 0) is 12.5 Å². The summed E-state index contributed by atoms with van der Waals surface area (Å²) >= 11 is 0. The Morgan fingerprint density at radius 2 is 2.02 bits per heavy atom. The fraction of sp³-hybridized carbons (Fsp3) is 0.520. The van der Waals surface area contributed by atoms with E-state index in [1.807, 2.05) is 18.7 Å². The van der Waals surface area contributed by atoms with Gasteiger partial charge in [-0.1, -0.05) is 20.4 Å². The SMILES string of the molecule is C=CC(=O)N1CCC(NC(=O)CNc2nc(N3CCOCC3)nc3c2ncn3-c2cnn(C(F)F)c2)C(C)(C)C1. The van der Waals surface area contributed by atoms with E-state index in [1.54, 1.807) is 9.47 Å². The third-order valence-corrected chi connectivity index (χ3v) is 7.21. The average Bonchev–Trinajstić information content (AvgIpc) is 3.60. The maximum absolute atomic E-state index is 13.1. The summed E-state index contributed by atoms with van der Waals surface area (Å²) in [6.45, 7) is 7.94. The topological polar surface area (TPSA) is 135 Å². The van der Waals surface area contributed by atoms with E-state index in [0.717, 1.165) is 0 Å². The summed E-state index contributed by atoms with van der Waals surface area (Å²) < 4.78 is 33.8. The molecule has 2 N–H and O–H groups in total. The summed E-state index contributed by atoms with van der Waals surface area (Å²) in [5.74, 6) is 0.387. The van der Waals surface area contributed by atoms with E-state index in [2.05, 4.69) is 37.3 Å². The van der Waals surface area contributed by atoms with Gasteiger partial charge in [0.25, 0.3) is 0 Å². The van der Waals surface area contributed by atoms with Gasteiger partial charge in [0.1, 0.15) is 6.33 Å². The molecule has 40 heavy (non-hydrogen) atoms. The standard InChI is InChI=1S/C25H32F2N10O3/c1-4-19(39)35-6-5-17(25(2,3)14-35)31-18(38)12-28-21-20-22(33-24(32-21)34-7-9-40-10-8-34)36(15-29-20)16-11-30-37(13-16)23(26)27/h4,11,13,15,17,23H,1,5-10,12,14H2,2-3H3,(H,31,38)(H,28,32,33). The number of imidazole rings is 1. The van der Waals surface area contributed by atoms with Crippen LogP contribution in [0.15, 0.2) is 31.4 Å². The smallest absolute Gasteiger partial charge is 0.333 e. The van der Waals surface area contributed by atoms with Crippen LogP contribution in [0.25, 0.3) is 16.9 Å². The van der Waals surface area contributed by atoms with Crippen LogP contribution in [0.1, 0.15) is 26.8 Å². The summed E-state index contributed by atoms with van der Waals surface area (Å²) in [5, 5.41) is 9.89. The number of alkyl halides is 2. The number of halogens is 2. The zero-order valence-electron chi connectivity index (χ0n) is 22.4. The number of likely N-dealkylation sites (tertiary alicyclic amines) is 1. The Morgan fingerprint density at radius 1 is 1.25 bits per heavy atom. The van der Waals surface area contributed by atoms with Crippen molar-refractivity contribution in [1.29, 1.82) is 0 Å². The summed E-state index contributed by atoms with van der Waals surface area (Å²) in [7, 11) is 0. The Hall–Kier alpha value is -4.14. The summed E-state index contributed by atoms with van der Waals surface area (Å²) in [4.78, 5) is 42.5. The lowest BCUT2D eigenvalue weighted by molar-refractivity contribution is -0.130. The molecule has 2 saturated heterocycles. The molecule has 13 nitrogen and oxygen atoms in total. The lowest BCUT2D eigenvalue weighted by atomic mass is 9.79. The van der Waals surface area contributed by atoms with Gasteiger partial charge in [0.05, 0.1) is 37.8 Å². The number of carbonyl (C=O) groups excluding carboxylic acids is 2. The van der Waals surface area contributed by atoms with Crippen LogP contribution < -0.4 is 15.5 Å². The molecular weight excluding hydrogens is 526 g/mol. The number of anilines is 2. The molecule has 1 unspecified atom stereocenters. The molecule has 0 saturated carbocycles. The fourth-order valence-corrected chi connectivity index (χ4v) is 5.02. The Morgan fingerprint density at radius 3 is 2.70 bits per heavy atom. The molecule has 0 spiro atoms. The van der Waals surface area contributed by atoms with Crippen LogP contribution in [-0.4, -0.2) is 98.0 Å². The number of morpholine rings is 1. The molecule has 1 atom stereocenters. The van der Waals surface area contributed by atoms with Gasteiger partial charge in [0.2, 0.25) is 17.8 Å². The van der Waals surface area contributed by atoms with Gasteiger partial charge in [-0.2, -0.15) is 23.8 Å². The van der Waals surface area contributed by atoms with Crippen molar-refractivity contribution in [3.8, 4) is 5.69 Å². The van der Waals surface area contributed by atoms with Crippen molar-refractivity contribution in [1.82, 2.24) is 39.5 Å². The molecule has 5 heterocycles. The molecule has 2 amide bonds. The molecule has 15 heteroatoms. The van der Waals surface area contributed by atoms with Crippen molar-refractivity contribution in [3.05, 3.63) is 31.4 Å². The zero-order valence-corrected chi connectivity index (χ0v) is 22.4. The maximum atomic E-state index is 13.1. The zero-order chi connectivity index (χ0) is 28.4. The Labute approximate surface area is 229 Å². The summed E-state index contributed by atoms with van der Waals surface area (Å²) in [5.41, 5.74) is 0.793. The predicted octanol–water partition coefficient (Wildman–Crippen LogP) is 1.58. The second-order valence-electron chi connectivity index (χ2n) is 10.4.